The average Bonchev–Trinajstić information content (AvgIpc) is 3.29. The Morgan fingerprint density at radius 3 is 1.28 bits per heavy atom. The van der Waals surface area contributed by atoms with Crippen LogP contribution in [0.3, 0.4) is 0 Å². The van der Waals surface area contributed by atoms with Crippen molar-refractivity contribution < 1.29 is 97.7 Å². The molecule has 1 fully saturated rings. The number of aromatic hydroxyl groups is 2. The molecule has 13 N–H and O–H groups in total. The van der Waals surface area contributed by atoms with Crippen molar-refractivity contribution >= 4 is 62.6 Å². The highest BCUT2D eigenvalue weighted by atomic mass is 31.2. The van der Waals surface area contributed by atoms with Gasteiger partial charge in [-0.2, -0.15) is 0 Å². The number of hydrogen-bond acceptors (Lipinski definition) is 18. The van der Waals surface area contributed by atoms with Crippen LogP contribution in [0, 0.1) is 0 Å². The van der Waals surface area contributed by atoms with E-state index in [2.05, 4.69) is 10.6 Å². The molecule has 0 aromatic heterocycles. The van der Waals surface area contributed by atoms with Crippen LogP contribution in [0.15, 0.2) is 36.4 Å². The number of aliphatic carboxylic acids is 4. The molecule has 1 heterocycles. The van der Waals surface area contributed by atoms with Crippen LogP contribution >= 0.6 is 15.2 Å². The summed E-state index contributed by atoms with van der Waals surface area (Å²) in [6, 6.07) is 8.59. The van der Waals surface area contributed by atoms with Gasteiger partial charge in [0.15, 0.2) is 0 Å². The molecule has 424 valence electrons. The van der Waals surface area contributed by atoms with E-state index in [0.29, 0.717) is 37.3 Å². The average molecular weight is 1120 g/mol. The number of amides is 3. The molecule has 0 spiro atoms. The molecule has 0 atom stereocenters. The number of Topliss-reactive ketones (excluding diaryl/α,β-unsaturated/α-hetero) is 1. The van der Waals surface area contributed by atoms with Crippen molar-refractivity contribution in [2.45, 2.75) is 51.2 Å². The largest absolute Gasteiger partial charge is 0.508 e. The van der Waals surface area contributed by atoms with Gasteiger partial charge in [-0.25, -0.2) is 0 Å². The number of ketones is 1. The summed E-state index contributed by atoms with van der Waals surface area (Å²) in [5.74, 6) is -7.17. The zero-order valence-corrected chi connectivity index (χ0v) is 43.7. The van der Waals surface area contributed by atoms with Crippen molar-refractivity contribution in [3.63, 3.8) is 0 Å². The summed E-state index contributed by atoms with van der Waals surface area (Å²) < 4.78 is 23.1. The second kappa shape index (κ2) is 31.3. The summed E-state index contributed by atoms with van der Waals surface area (Å²) in [6.45, 7) is 1.42. The summed E-state index contributed by atoms with van der Waals surface area (Å²) in [7, 11) is -10.9. The molecule has 1 aliphatic rings. The molecule has 31 heteroatoms. The van der Waals surface area contributed by atoms with Crippen LogP contribution in [0.5, 0.6) is 11.5 Å². The maximum atomic E-state index is 13.1. The first-order chi connectivity index (χ1) is 35.6. The van der Waals surface area contributed by atoms with Gasteiger partial charge in [0.05, 0.1) is 45.9 Å². The third kappa shape index (κ3) is 25.7. The van der Waals surface area contributed by atoms with Crippen LogP contribution in [0.25, 0.3) is 0 Å². The monoisotopic (exact) mass is 1120 g/mol. The van der Waals surface area contributed by atoms with Crippen molar-refractivity contribution in [1.82, 2.24) is 45.3 Å². The Balaban J connectivity index is 1.59. The molecular formula is C45H69N9O20P2. The van der Waals surface area contributed by atoms with Crippen LogP contribution in [0.2, 0.25) is 0 Å². The topological polar surface area (TPSA) is 429 Å². The highest BCUT2D eigenvalue weighted by Gasteiger charge is 2.44. The molecule has 29 nitrogen and oxygen atoms in total. The summed E-state index contributed by atoms with van der Waals surface area (Å²) in [5.41, 5.74) is -1.31. The Morgan fingerprint density at radius 2 is 0.908 bits per heavy atom. The molecule has 0 unspecified atom stereocenters. The van der Waals surface area contributed by atoms with Crippen LogP contribution in [-0.4, -0.2) is 244 Å². The van der Waals surface area contributed by atoms with Crippen LogP contribution in [-0.2, 0) is 73.4 Å². The van der Waals surface area contributed by atoms with Gasteiger partial charge in [0.25, 0.3) is 0 Å². The molecule has 0 bridgehead atoms. The van der Waals surface area contributed by atoms with Crippen molar-refractivity contribution in [3.8, 4) is 11.5 Å². The minimum Gasteiger partial charge on any atom is -0.508 e. The number of phenols is 2. The number of aryl methyl sites for hydroxylation is 2. The number of benzene rings is 2. The van der Waals surface area contributed by atoms with Crippen molar-refractivity contribution in [2.75, 3.05) is 111 Å². The standard InChI is InChI=1S/C45H69N9O20P2/c1-31(55)22-49-10-14-51(26-41(61)62)16-12-50(13-17-52(15-11-49)27-42(63)64)25-40(60)47-30-46-38(58)8-4-32-2-6-36(56)34(20-32)23-53(28-43(65)66)18-19-54(29-44(67)68)24-35-21-33(3-7-37(35)57)5-9-39(59)48-45(75(69,70)71)76(72,73)74/h2-3,6-7,20-21,45,56-57H,4-5,8-19,22-30H2,1H3,(H,46,58)(H,47,60)(H,48,59)(H,61,62)(H,63,64)(H,65,66)(H,67,68)(H2,69,70,71)(H2,72,73,74). The molecule has 3 rings (SSSR count). The van der Waals surface area contributed by atoms with Gasteiger partial charge in [-0.3, -0.25) is 76.9 Å². The number of carboxylic acid groups (broad SMARTS) is 4. The first kappa shape index (κ1) is 64.3. The molecule has 0 radical (unpaired) electrons. The molecule has 1 aliphatic heterocycles. The SMILES string of the molecule is CC(=O)CN1CCN(CC(=O)O)CCN(CC(=O)NCNC(=O)CCc2ccc(O)c(CN(CCN(CC(=O)O)Cc3cc(CCC(=O)NC(P(=O)(O)O)P(=O)(O)O)ccc3O)CC(=O)O)c2)CCN(CC(=O)O)CC1. The number of carbonyl (C=O) groups excluding carboxylic acids is 4. The van der Waals surface area contributed by atoms with Crippen molar-refractivity contribution in [2.24, 2.45) is 0 Å². The highest BCUT2D eigenvalue weighted by Crippen LogP contribution is 2.58. The van der Waals surface area contributed by atoms with E-state index in [1.165, 1.54) is 41.0 Å². The molecule has 0 aliphatic carbocycles. The van der Waals surface area contributed by atoms with Gasteiger partial charge in [-0.1, -0.05) is 24.3 Å². The van der Waals surface area contributed by atoms with Gasteiger partial charge >= 0.3 is 39.1 Å². The normalized spacial score (nSPS) is 14.9. The predicted octanol–water partition coefficient (Wildman–Crippen LogP) is -2.64. The third-order valence-electron chi connectivity index (χ3n) is 11.8. The van der Waals surface area contributed by atoms with E-state index < -0.39 is 81.8 Å². The highest BCUT2D eigenvalue weighted by molar-refractivity contribution is 7.70. The first-order valence-corrected chi connectivity index (χ1v) is 27.2. The van der Waals surface area contributed by atoms with Gasteiger partial charge in [-0.05, 0) is 43.0 Å². The van der Waals surface area contributed by atoms with Crippen molar-refractivity contribution in [1.29, 1.82) is 0 Å². The van der Waals surface area contributed by atoms with E-state index in [1.807, 2.05) is 4.90 Å². The molecule has 2 aromatic rings. The number of nitrogens with zero attached hydrogens (tertiary/aromatic N) is 6. The van der Waals surface area contributed by atoms with E-state index in [9.17, 15) is 97.7 Å². The first-order valence-electron chi connectivity index (χ1n) is 23.8. The molecule has 76 heavy (non-hydrogen) atoms. The fourth-order valence-electron chi connectivity index (χ4n) is 8.01. The summed E-state index contributed by atoms with van der Waals surface area (Å²) in [5, 5.41) is 66.7. The van der Waals surface area contributed by atoms with E-state index in [-0.39, 0.29) is 133 Å². The number of carbonyl (C=O) groups is 8. The van der Waals surface area contributed by atoms with E-state index in [1.54, 1.807) is 32.1 Å². The summed E-state index contributed by atoms with van der Waals surface area (Å²) in [6.07, 6.45) is -0.518. The second-order valence-corrected chi connectivity index (χ2v) is 22.0. The molecule has 2 aromatic carbocycles. The smallest absolute Gasteiger partial charge is 0.360 e. The fourth-order valence-corrected chi connectivity index (χ4v) is 10.2. The lowest BCUT2D eigenvalue weighted by molar-refractivity contribution is -0.140. The third-order valence-corrected chi connectivity index (χ3v) is 15.1. The minimum absolute atomic E-state index is 0.0627. The summed E-state index contributed by atoms with van der Waals surface area (Å²) in [4.78, 5) is 144. The minimum atomic E-state index is -5.44. The van der Waals surface area contributed by atoms with Crippen LogP contribution < -0.4 is 16.0 Å². The predicted molar refractivity (Wildman–Crippen MR) is 268 cm³/mol. The Hall–Kier alpha value is -5.94. The number of hydrogen-bond donors (Lipinski definition) is 13. The van der Waals surface area contributed by atoms with Gasteiger partial charge in [-0.15, -0.1) is 0 Å². The maximum absolute atomic E-state index is 13.1. The lowest BCUT2D eigenvalue weighted by Crippen LogP contribution is -2.50. The quantitative estimate of drug-likeness (QED) is 0.0281. The zero-order chi connectivity index (χ0) is 56.8. The Bertz CT molecular complexity index is 2390. The number of carboxylic acids is 4. The Kier molecular flexibility index (Phi) is 26.5. The van der Waals surface area contributed by atoms with E-state index >= 15 is 0 Å². The molecule has 3 amide bonds. The molecule has 0 saturated carbocycles. The Morgan fingerprint density at radius 1 is 0.539 bits per heavy atom. The van der Waals surface area contributed by atoms with Crippen LogP contribution in [0.1, 0.15) is 42.0 Å². The lowest BCUT2D eigenvalue weighted by atomic mass is 10.0. The van der Waals surface area contributed by atoms with Gasteiger partial charge in [0.2, 0.25) is 23.2 Å². The van der Waals surface area contributed by atoms with E-state index in [0.717, 1.165) is 0 Å². The van der Waals surface area contributed by atoms with Gasteiger partial charge in [0.1, 0.15) is 17.3 Å². The zero-order valence-electron chi connectivity index (χ0n) is 41.9. The van der Waals surface area contributed by atoms with Crippen molar-refractivity contribution in [3.05, 3.63) is 58.7 Å². The second-order valence-electron chi connectivity index (χ2n) is 18.2. The molecular weight excluding hydrogens is 1050 g/mol. The Labute approximate surface area is 437 Å². The number of nitrogens with one attached hydrogen (secondary N) is 3. The lowest BCUT2D eigenvalue weighted by Gasteiger charge is -2.33. The summed E-state index contributed by atoms with van der Waals surface area (Å²) >= 11 is 0. The maximum Gasteiger partial charge on any atom is 0.360 e. The molecule has 1 saturated heterocycles. The van der Waals surface area contributed by atoms with E-state index in [4.69, 9.17) is 0 Å². The van der Waals surface area contributed by atoms with Gasteiger partial charge in [0, 0.05) is 103 Å². The number of rotatable bonds is 30. The van der Waals surface area contributed by atoms with Gasteiger partial charge < -0.3 is 66.2 Å². The number of phenolic OH excluding ortho intramolecular Hbond substituents is 2. The van der Waals surface area contributed by atoms with Crippen LogP contribution in [0.4, 0.5) is 0 Å². The fraction of sp³-hybridized carbons (Fsp3) is 0.556.